The highest BCUT2D eigenvalue weighted by Gasteiger charge is 2.11. The van der Waals surface area contributed by atoms with E-state index in [0.717, 1.165) is 30.3 Å². The summed E-state index contributed by atoms with van der Waals surface area (Å²) in [7, 11) is 4.20. The van der Waals surface area contributed by atoms with Crippen LogP contribution in [0.3, 0.4) is 0 Å². The summed E-state index contributed by atoms with van der Waals surface area (Å²) in [6.07, 6.45) is 4.21. The van der Waals surface area contributed by atoms with Crippen LogP contribution in [0, 0.1) is 10.1 Å². The molecular formula is C15H21N3O2. The fourth-order valence-electron chi connectivity index (χ4n) is 2.61. The Labute approximate surface area is 118 Å². The number of non-ortho nitro benzene ring substituents is 1. The molecule has 0 amide bonds. The number of aromatic nitrogens is 1. The molecule has 0 fully saturated rings. The Morgan fingerprint density at radius 1 is 1.35 bits per heavy atom. The van der Waals surface area contributed by atoms with Crippen LogP contribution in [0.4, 0.5) is 5.69 Å². The van der Waals surface area contributed by atoms with Crippen molar-refractivity contribution in [2.75, 3.05) is 14.1 Å². The molecule has 1 aromatic heterocycles. The van der Waals surface area contributed by atoms with E-state index in [1.54, 1.807) is 12.1 Å². The summed E-state index contributed by atoms with van der Waals surface area (Å²) in [6, 6.07) is 7.55. The zero-order valence-electron chi connectivity index (χ0n) is 12.2. The molecule has 0 bridgehead atoms. The van der Waals surface area contributed by atoms with Crippen LogP contribution in [-0.2, 0) is 6.54 Å². The molecule has 1 aromatic carbocycles. The molecule has 0 aliphatic rings. The van der Waals surface area contributed by atoms with Crippen LogP contribution >= 0.6 is 0 Å². The van der Waals surface area contributed by atoms with Gasteiger partial charge in [0, 0.05) is 41.8 Å². The van der Waals surface area contributed by atoms with E-state index in [2.05, 4.69) is 30.5 Å². The van der Waals surface area contributed by atoms with Gasteiger partial charge in [0.15, 0.2) is 0 Å². The number of nitrogens with zero attached hydrogens (tertiary/aromatic N) is 3. The fourth-order valence-corrected chi connectivity index (χ4v) is 2.61. The van der Waals surface area contributed by atoms with Gasteiger partial charge in [-0.15, -0.1) is 0 Å². The van der Waals surface area contributed by atoms with Crippen LogP contribution < -0.4 is 0 Å². The molecule has 0 aliphatic heterocycles. The molecule has 1 unspecified atom stereocenters. The first-order valence-corrected chi connectivity index (χ1v) is 6.92. The summed E-state index contributed by atoms with van der Waals surface area (Å²) in [5, 5.41) is 11.7. The lowest BCUT2D eigenvalue weighted by Crippen LogP contribution is -2.28. The molecule has 2 rings (SSSR count). The second-order valence-electron chi connectivity index (χ2n) is 5.32. The maximum Gasteiger partial charge on any atom is 0.270 e. The van der Waals surface area contributed by atoms with Gasteiger partial charge in [0.2, 0.25) is 0 Å². The van der Waals surface area contributed by atoms with Gasteiger partial charge in [-0.3, -0.25) is 10.1 Å². The van der Waals surface area contributed by atoms with Gasteiger partial charge >= 0.3 is 0 Å². The zero-order valence-corrected chi connectivity index (χ0v) is 12.2. The van der Waals surface area contributed by atoms with Crippen molar-refractivity contribution in [1.29, 1.82) is 0 Å². The smallest absolute Gasteiger partial charge is 0.270 e. The highest BCUT2D eigenvalue weighted by molar-refractivity contribution is 5.82. The monoisotopic (exact) mass is 275 g/mol. The molecule has 0 spiro atoms. The highest BCUT2D eigenvalue weighted by Crippen LogP contribution is 2.22. The average molecular weight is 275 g/mol. The Kier molecular flexibility index (Phi) is 4.39. The largest absolute Gasteiger partial charge is 0.347 e. The van der Waals surface area contributed by atoms with Crippen molar-refractivity contribution in [1.82, 2.24) is 9.47 Å². The van der Waals surface area contributed by atoms with Crippen LogP contribution in [0.2, 0.25) is 0 Å². The minimum Gasteiger partial charge on any atom is -0.347 e. The molecule has 1 atom stereocenters. The maximum atomic E-state index is 10.8. The van der Waals surface area contributed by atoms with E-state index in [9.17, 15) is 10.1 Å². The van der Waals surface area contributed by atoms with E-state index < -0.39 is 0 Å². The van der Waals surface area contributed by atoms with Crippen LogP contribution in [0.15, 0.2) is 30.5 Å². The van der Waals surface area contributed by atoms with Gasteiger partial charge in [0.25, 0.3) is 5.69 Å². The predicted molar refractivity (Wildman–Crippen MR) is 81.0 cm³/mol. The normalized spacial score (nSPS) is 13.0. The topological polar surface area (TPSA) is 51.3 Å². The number of aryl methyl sites for hydroxylation is 1. The van der Waals surface area contributed by atoms with Crippen molar-refractivity contribution >= 4 is 16.6 Å². The average Bonchev–Trinajstić information content (AvgIpc) is 2.81. The van der Waals surface area contributed by atoms with Gasteiger partial charge < -0.3 is 9.47 Å². The van der Waals surface area contributed by atoms with Gasteiger partial charge in [-0.05, 0) is 39.1 Å². The molecule has 2 aromatic rings. The number of nitro groups is 1. The van der Waals surface area contributed by atoms with E-state index in [1.807, 2.05) is 18.3 Å². The molecule has 5 heteroatoms. The van der Waals surface area contributed by atoms with Gasteiger partial charge in [0.05, 0.1) is 4.92 Å². The van der Waals surface area contributed by atoms with Gasteiger partial charge in [-0.1, -0.05) is 6.92 Å². The Hall–Kier alpha value is -1.88. The van der Waals surface area contributed by atoms with E-state index >= 15 is 0 Å². The van der Waals surface area contributed by atoms with E-state index in [0.29, 0.717) is 6.04 Å². The third kappa shape index (κ3) is 2.99. The van der Waals surface area contributed by atoms with E-state index in [-0.39, 0.29) is 10.6 Å². The van der Waals surface area contributed by atoms with E-state index in [1.165, 1.54) is 0 Å². The molecule has 0 saturated heterocycles. The third-order valence-corrected chi connectivity index (χ3v) is 3.87. The SMILES string of the molecule is CCC(CCn1ccc2cc([N+](=O)[O-])ccc21)N(C)C. The van der Waals surface area contributed by atoms with Crippen LogP contribution in [0.25, 0.3) is 10.9 Å². The number of hydrogen-bond acceptors (Lipinski definition) is 3. The summed E-state index contributed by atoms with van der Waals surface area (Å²) in [6.45, 7) is 3.12. The number of nitro benzene ring substituents is 1. The lowest BCUT2D eigenvalue weighted by atomic mass is 10.1. The molecule has 20 heavy (non-hydrogen) atoms. The molecule has 0 N–H and O–H groups in total. The van der Waals surface area contributed by atoms with Gasteiger partial charge in [-0.25, -0.2) is 0 Å². The van der Waals surface area contributed by atoms with Gasteiger partial charge in [0.1, 0.15) is 0 Å². The van der Waals surface area contributed by atoms with E-state index in [4.69, 9.17) is 0 Å². The van der Waals surface area contributed by atoms with Crippen molar-refractivity contribution in [3.63, 3.8) is 0 Å². The van der Waals surface area contributed by atoms with Crippen molar-refractivity contribution in [2.24, 2.45) is 0 Å². The minimum atomic E-state index is -0.351. The standard InChI is InChI=1S/C15H21N3O2/c1-4-13(16(2)3)8-10-17-9-7-12-11-14(18(19)20)5-6-15(12)17/h5-7,9,11,13H,4,8,10H2,1-3H3. The van der Waals surface area contributed by atoms with Gasteiger partial charge in [-0.2, -0.15) is 0 Å². The molecular weight excluding hydrogens is 254 g/mol. The first-order valence-electron chi connectivity index (χ1n) is 6.92. The van der Waals surface area contributed by atoms with Crippen molar-refractivity contribution in [2.45, 2.75) is 32.4 Å². The Balaban J connectivity index is 2.17. The second kappa shape index (κ2) is 6.05. The second-order valence-corrected chi connectivity index (χ2v) is 5.32. The van der Waals surface area contributed by atoms with Crippen LogP contribution in [-0.4, -0.2) is 34.5 Å². The highest BCUT2D eigenvalue weighted by atomic mass is 16.6. The number of hydrogen-bond donors (Lipinski definition) is 0. The van der Waals surface area contributed by atoms with Crippen molar-refractivity contribution in [3.05, 3.63) is 40.6 Å². The number of rotatable bonds is 6. The maximum absolute atomic E-state index is 10.8. The zero-order chi connectivity index (χ0) is 14.7. The quantitative estimate of drug-likeness (QED) is 0.600. The summed E-state index contributed by atoms with van der Waals surface area (Å²) >= 11 is 0. The molecule has 5 nitrogen and oxygen atoms in total. The first-order chi connectivity index (χ1) is 9.52. The molecule has 0 radical (unpaired) electrons. The third-order valence-electron chi connectivity index (χ3n) is 3.87. The predicted octanol–water partition coefficient (Wildman–Crippen LogP) is 3.28. The Morgan fingerprint density at radius 3 is 2.70 bits per heavy atom. The summed E-state index contributed by atoms with van der Waals surface area (Å²) in [5.74, 6) is 0. The molecule has 0 saturated carbocycles. The number of fused-ring (bicyclic) bond motifs is 1. The Morgan fingerprint density at radius 2 is 2.10 bits per heavy atom. The summed E-state index contributed by atoms with van der Waals surface area (Å²) in [5.41, 5.74) is 1.21. The molecule has 1 heterocycles. The lowest BCUT2D eigenvalue weighted by Gasteiger charge is -2.23. The Bertz CT molecular complexity index is 604. The summed E-state index contributed by atoms with van der Waals surface area (Å²) in [4.78, 5) is 12.7. The minimum absolute atomic E-state index is 0.148. The molecule has 0 aliphatic carbocycles. The van der Waals surface area contributed by atoms with Crippen molar-refractivity contribution in [3.8, 4) is 0 Å². The summed E-state index contributed by atoms with van der Waals surface area (Å²) < 4.78 is 2.17. The first kappa shape index (κ1) is 14.5. The number of benzene rings is 1. The van der Waals surface area contributed by atoms with Crippen LogP contribution in [0.5, 0.6) is 0 Å². The van der Waals surface area contributed by atoms with Crippen LogP contribution in [0.1, 0.15) is 19.8 Å². The fraction of sp³-hybridized carbons (Fsp3) is 0.467. The van der Waals surface area contributed by atoms with Crippen molar-refractivity contribution < 1.29 is 4.92 Å². The lowest BCUT2D eigenvalue weighted by molar-refractivity contribution is -0.384. The molecule has 108 valence electrons.